The summed E-state index contributed by atoms with van der Waals surface area (Å²) in [6, 6.07) is 28.3. The molecule has 3 rings (SSSR count). The molecule has 26 heavy (non-hydrogen) atoms. The van der Waals surface area contributed by atoms with E-state index in [0.29, 0.717) is 13.2 Å². The summed E-state index contributed by atoms with van der Waals surface area (Å²) in [6.07, 6.45) is 0. The zero-order valence-electron chi connectivity index (χ0n) is 15.2. The highest BCUT2D eigenvalue weighted by atomic mass is 32.2. The highest BCUT2D eigenvalue weighted by Gasteiger charge is 2.19. The first kappa shape index (κ1) is 18.6. The topological polar surface area (TPSA) is 18.5 Å². The molecule has 0 radical (unpaired) electrons. The van der Waals surface area contributed by atoms with Gasteiger partial charge in [-0.1, -0.05) is 48.5 Å². The van der Waals surface area contributed by atoms with Gasteiger partial charge in [-0.2, -0.15) is 0 Å². The van der Waals surface area contributed by atoms with Crippen molar-refractivity contribution in [2.75, 3.05) is 6.61 Å². The molecule has 0 unspecified atom stereocenters. The summed E-state index contributed by atoms with van der Waals surface area (Å²) in [7, 11) is 0. The highest BCUT2D eigenvalue weighted by molar-refractivity contribution is 8.00. The molecule has 0 bridgehead atoms. The zero-order chi connectivity index (χ0) is 18.2. The Kier molecular flexibility index (Phi) is 6.37. The van der Waals surface area contributed by atoms with Gasteiger partial charge in [-0.15, -0.1) is 11.8 Å². The number of hydrogen-bond acceptors (Lipinski definition) is 3. The third-order valence-corrected chi connectivity index (χ3v) is 4.91. The third kappa shape index (κ3) is 5.94. The largest absolute Gasteiger partial charge is 0.457 e. The van der Waals surface area contributed by atoms with Gasteiger partial charge in [0.15, 0.2) is 0 Å². The Morgan fingerprint density at radius 3 is 2.15 bits per heavy atom. The summed E-state index contributed by atoms with van der Waals surface area (Å²) >= 11 is 1.84. The molecule has 0 atom stereocenters. The molecule has 0 heterocycles. The first-order chi connectivity index (χ1) is 12.6. The van der Waals surface area contributed by atoms with E-state index in [1.807, 2.05) is 66.4 Å². The predicted molar refractivity (Wildman–Crippen MR) is 109 cm³/mol. The van der Waals surface area contributed by atoms with Crippen LogP contribution in [0.5, 0.6) is 11.5 Å². The molecule has 0 saturated carbocycles. The summed E-state index contributed by atoms with van der Waals surface area (Å²) in [4.78, 5) is 1.26. The van der Waals surface area contributed by atoms with Gasteiger partial charge in [0.2, 0.25) is 0 Å². The van der Waals surface area contributed by atoms with Gasteiger partial charge in [0.1, 0.15) is 11.5 Å². The molecule has 0 aliphatic carbocycles. The maximum absolute atomic E-state index is 5.99. The molecule has 0 amide bonds. The van der Waals surface area contributed by atoms with Gasteiger partial charge >= 0.3 is 0 Å². The van der Waals surface area contributed by atoms with Gasteiger partial charge in [-0.3, -0.25) is 0 Å². The molecule has 0 fully saturated rings. The highest BCUT2D eigenvalue weighted by Crippen LogP contribution is 2.32. The minimum atomic E-state index is 0.0134. The van der Waals surface area contributed by atoms with E-state index in [9.17, 15) is 0 Å². The third-order valence-electron chi connectivity index (χ3n) is 3.73. The number of para-hydroxylation sites is 1. The van der Waals surface area contributed by atoms with Gasteiger partial charge in [-0.25, -0.2) is 0 Å². The van der Waals surface area contributed by atoms with Crippen LogP contribution in [0.25, 0.3) is 0 Å². The van der Waals surface area contributed by atoms with Crippen molar-refractivity contribution in [1.82, 2.24) is 0 Å². The predicted octanol–water partition coefficient (Wildman–Crippen LogP) is 6.57. The maximum atomic E-state index is 5.99. The smallest absolute Gasteiger partial charge is 0.127 e. The SMILES string of the molecule is CC(C)(COCc1cccc(Oc2ccccc2)c1)Sc1ccccc1. The van der Waals surface area contributed by atoms with Gasteiger partial charge in [0.05, 0.1) is 13.2 Å². The van der Waals surface area contributed by atoms with E-state index in [2.05, 4.69) is 44.2 Å². The number of ether oxygens (including phenoxy) is 2. The molecule has 0 saturated heterocycles. The van der Waals surface area contributed by atoms with Crippen LogP contribution in [-0.4, -0.2) is 11.4 Å². The fraction of sp³-hybridized carbons (Fsp3) is 0.217. The van der Waals surface area contributed by atoms with Gasteiger partial charge in [0.25, 0.3) is 0 Å². The lowest BCUT2D eigenvalue weighted by Gasteiger charge is -2.24. The minimum absolute atomic E-state index is 0.0134. The van der Waals surface area contributed by atoms with E-state index < -0.39 is 0 Å². The van der Waals surface area contributed by atoms with Crippen LogP contribution in [0.4, 0.5) is 0 Å². The van der Waals surface area contributed by atoms with Crippen LogP contribution in [0.15, 0.2) is 89.8 Å². The summed E-state index contributed by atoms with van der Waals surface area (Å²) in [6.45, 7) is 5.67. The lowest BCUT2D eigenvalue weighted by atomic mass is 10.2. The van der Waals surface area contributed by atoms with E-state index in [4.69, 9.17) is 9.47 Å². The number of thioether (sulfide) groups is 1. The molecule has 134 valence electrons. The second kappa shape index (κ2) is 8.93. The average molecular weight is 365 g/mol. The molecule has 3 aromatic rings. The zero-order valence-corrected chi connectivity index (χ0v) is 16.0. The quantitative estimate of drug-likeness (QED) is 0.421. The van der Waals surface area contributed by atoms with Crippen LogP contribution in [0.3, 0.4) is 0 Å². The minimum Gasteiger partial charge on any atom is -0.457 e. The monoisotopic (exact) mass is 364 g/mol. The van der Waals surface area contributed by atoms with E-state index >= 15 is 0 Å². The van der Waals surface area contributed by atoms with Gasteiger partial charge < -0.3 is 9.47 Å². The van der Waals surface area contributed by atoms with Crippen LogP contribution in [0, 0.1) is 0 Å². The van der Waals surface area contributed by atoms with E-state index in [0.717, 1.165) is 17.1 Å². The van der Waals surface area contributed by atoms with Crippen molar-refractivity contribution in [3.63, 3.8) is 0 Å². The molecule has 0 N–H and O–H groups in total. The van der Waals surface area contributed by atoms with Crippen molar-refractivity contribution >= 4 is 11.8 Å². The van der Waals surface area contributed by atoms with Crippen LogP contribution in [-0.2, 0) is 11.3 Å². The van der Waals surface area contributed by atoms with Crippen molar-refractivity contribution in [3.8, 4) is 11.5 Å². The van der Waals surface area contributed by atoms with Crippen molar-refractivity contribution < 1.29 is 9.47 Å². The Morgan fingerprint density at radius 2 is 1.42 bits per heavy atom. The van der Waals surface area contributed by atoms with Crippen molar-refractivity contribution in [1.29, 1.82) is 0 Å². The van der Waals surface area contributed by atoms with Crippen molar-refractivity contribution in [2.24, 2.45) is 0 Å². The molecule has 0 spiro atoms. The normalized spacial score (nSPS) is 11.3. The van der Waals surface area contributed by atoms with E-state index in [1.165, 1.54) is 4.90 Å². The van der Waals surface area contributed by atoms with Gasteiger partial charge in [-0.05, 0) is 55.8 Å². The molecule has 0 aliphatic rings. The Bertz CT molecular complexity index is 801. The molecular weight excluding hydrogens is 340 g/mol. The fourth-order valence-corrected chi connectivity index (χ4v) is 3.65. The maximum Gasteiger partial charge on any atom is 0.127 e. The average Bonchev–Trinajstić information content (AvgIpc) is 2.63. The Labute approximate surface area is 160 Å². The second-order valence-electron chi connectivity index (χ2n) is 6.73. The summed E-state index contributed by atoms with van der Waals surface area (Å²) in [5.74, 6) is 1.67. The Morgan fingerprint density at radius 1 is 0.769 bits per heavy atom. The van der Waals surface area contributed by atoms with Crippen LogP contribution >= 0.6 is 11.8 Å². The van der Waals surface area contributed by atoms with E-state index in [1.54, 1.807) is 0 Å². The van der Waals surface area contributed by atoms with Crippen LogP contribution in [0.1, 0.15) is 19.4 Å². The molecule has 3 aromatic carbocycles. The van der Waals surface area contributed by atoms with Crippen molar-refractivity contribution in [2.45, 2.75) is 30.1 Å². The molecule has 2 nitrogen and oxygen atoms in total. The Balaban J connectivity index is 1.52. The molecule has 0 aliphatic heterocycles. The lowest BCUT2D eigenvalue weighted by molar-refractivity contribution is 0.106. The van der Waals surface area contributed by atoms with Crippen LogP contribution < -0.4 is 4.74 Å². The molecule has 3 heteroatoms. The van der Waals surface area contributed by atoms with E-state index in [-0.39, 0.29) is 4.75 Å². The number of hydrogen-bond donors (Lipinski definition) is 0. The van der Waals surface area contributed by atoms with Crippen LogP contribution in [0.2, 0.25) is 0 Å². The standard InChI is InChI=1S/C23H24O2S/c1-23(2,26-22-14-7-4-8-15-22)18-24-17-19-10-9-13-21(16-19)25-20-11-5-3-6-12-20/h3-16H,17-18H2,1-2H3. The fourth-order valence-electron chi connectivity index (χ4n) is 2.58. The molecule has 0 aromatic heterocycles. The summed E-state index contributed by atoms with van der Waals surface area (Å²) in [5.41, 5.74) is 1.11. The molecular formula is C23H24O2S. The lowest BCUT2D eigenvalue weighted by Crippen LogP contribution is -2.22. The van der Waals surface area contributed by atoms with Gasteiger partial charge in [0, 0.05) is 9.64 Å². The number of benzene rings is 3. The summed E-state index contributed by atoms with van der Waals surface area (Å²) in [5, 5.41) is 0. The Hall–Kier alpha value is -2.23. The van der Waals surface area contributed by atoms with Crippen molar-refractivity contribution in [3.05, 3.63) is 90.5 Å². The first-order valence-corrected chi connectivity index (χ1v) is 9.56. The second-order valence-corrected chi connectivity index (χ2v) is 8.51. The summed E-state index contributed by atoms with van der Waals surface area (Å²) < 4.78 is 11.9. The first-order valence-electron chi connectivity index (χ1n) is 8.74. The number of rotatable bonds is 8.